The first-order chi connectivity index (χ1) is 8.90. The molecule has 1 N–H and O–H groups in total. The fourth-order valence-electron chi connectivity index (χ4n) is 1.59. The third kappa shape index (κ3) is 5.61. The molecule has 0 aromatic carbocycles. The molecule has 7 heteroatoms. The molecule has 19 heavy (non-hydrogen) atoms. The maximum atomic E-state index is 12.0. The number of thiophene rings is 1. The largest absolute Gasteiger partial charge is 0.481 e. The zero-order chi connectivity index (χ0) is 14.4. The summed E-state index contributed by atoms with van der Waals surface area (Å²) in [6.45, 7) is 1.00. The van der Waals surface area contributed by atoms with Crippen molar-refractivity contribution in [3.63, 3.8) is 0 Å². The quantitative estimate of drug-likeness (QED) is 0.859. The van der Waals surface area contributed by atoms with Crippen LogP contribution in [0, 0.1) is 0 Å². The number of amides is 2. The van der Waals surface area contributed by atoms with Gasteiger partial charge >= 0.3 is 12.0 Å². The van der Waals surface area contributed by atoms with Crippen LogP contribution >= 0.6 is 27.3 Å². The highest BCUT2D eigenvalue weighted by Gasteiger charge is 2.15. The molecule has 0 aliphatic heterocycles. The lowest BCUT2D eigenvalue weighted by Gasteiger charge is -2.24. The predicted octanol–water partition coefficient (Wildman–Crippen LogP) is 2.86. The van der Waals surface area contributed by atoms with Crippen molar-refractivity contribution in [3.8, 4) is 0 Å². The number of nitrogens with zero attached hydrogens (tertiary/aromatic N) is 2. The molecule has 0 saturated carbocycles. The minimum absolute atomic E-state index is 0.0825. The molecule has 0 radical (unpaired) electrons. The van der Waals surface area contributed by atoms with Crippen molar-refractivity contribution in [1.82, 2.24) is 9.80 Å². The van der Waals surface area contributed by atoms with E-state index in [1.165, 1.54) is 0 Å². The van der Waals surface area contributed by atoms with Crippen molar-refractivity contribution in [2.24, 2.45) is 0 Å². The van der Waals surface area contributed by atoms with Crippen LogP contribution in [0.1, 0.15) is 17.7 Å². The summed E-state index contributed by atoms with van der Waals surface area (Å²) in [5, 5.41) is 10.5. The maximum Gasteiger partial charge on any atom is 0.319 e. The average molecular weight is 349 g/mol. The van der Waals surface area contributed by atoms with Crippen LogP contribution in [0.2, 0.25) is 0 Å². The van der Waals surface area contributed by atoms with Gasteiger partial charge in [-0.3, -0.25) is 4.79 Å². The second-order valence-corrected chi connectivity index (χ2v) is 6.20. The highest BCUT2D eigenvalue weighted by atomic mass is 79.9. The first kappa shape index (κ1) is 16.0. The fraction of sp³-hybridized carbons (Fsp3) is 0.500. The van der Waals surface area contributed by atoms with E-state index in [1.54, 1.807) is 35.2 Å². The molecule has 106 valence electrons. The van der Waals surface area contributed by atoms with Crippen LogP contribution in [0.3, 0.4) is 0 Å². The normalized spacial score (nSPS) is 10.3. The van der Waals surface area contributed by atoms with E-state index < -0.39 is 5.97 Å². The molecule has 0 atom stereocenters. The molecule has 0 fully saturated rings. The molecular formula is C12H17BrN2O3S. The number of hydrogen-bond acceptors (Lipinski definition) is 3. The van der Waals surface area contributed by atoms with Crippen molar-refractivity contribution >= 4 is 39.3 Å². The lowest BCUT2D eigenvalue weighted by molar-refractivity contribution is -0.137. The minimum Gasteiger partial charge on any atom is -0.481 e. The van der Waals surface area contributed by atoms with Gasteiger partial charge in [-0.1, -0.05) is 0 Å². The summed E-state index contributed by atoms with van der Waals surface area (Å²) in [7, 11) is 3.43. The Hall–Kier alpha value is -1.08. The molecule has 0 saturated heterocycles. The first-order valence-corrected chi connectivity index (χ1v) is 7.48. The van der Waals surface area contributed by atoms with Crippen LogP contribution < -0.4 is 0 Å². The SMILES string of the molecule is CN(CCCC(=O)O)C(=O)N(C)Cc1cc(Br)cs1. The summed E-state index contributed by atoms with van der Waals surface area (Å²) in [5.74, 6) is -0.836. The van der Waals surface area contributed by atoms with Gasteiger partial charge in [-0.2, -0.15) is 0 Å². The number of carbonyl (C=O) groups is 2. The molecule has 1 aromatic heterocycles. The van der Waals surface area contributed by atoms with E-state index in [1.807, 2.05) is 11.4 Å². The summed E-state index contributed by atoms with van der Waals surface area (Å²) < 4.78 is 1.02. The van der Waals surface area contributed by atoms with Crippen LogP contribution in [-0.2, 0) is 11.3 Å². The highest BCUT2D eigenvalue weighted by Crippen LogP contribution is 2.21. The van der Waals surface area contributed by atoms with Crippen LogP contribution in [0.25, 0.3) is 0 Å². The molecule has 2 amide bonds. The lowest BCUT2D eigenvalue weighted by Crippen LogP contribution is -2.38. The number of halogens is 1. The number of urea groups is 1. The van der Waals surface area contributed by atoms with Gasteiger partial charge in [0.25, 0.3) is 0 Å². The smallest absolute Gasteiger partial charge is 0.319 e. The second kappa shape index (κ2) is 7.49. The predicted molar refractivity (Wildman–Crippen MR) is 78.4 cm³/mol. The molecule has 0 aliphatic carbocycles. The van der Waals surface area contributed by atoms with Gasteiger partial charge < -0.3 is 14.9 Å². The van der Waals surface area contributed by atoms with E-state index in [0.717, 1.165) is 9.35 Å². The average Bonchev–Trinajstić information content (AvgIpc) is 2.73. The zero-order valence-electron chi connectivity index (χ0n) is 10.9. The summed E-state index contributed by atoms with van der Waals surface area (Å²) in [5.41, 5.74) is 0. The Bertz CT molecular complexity index is 450. The Morgan fingerprint density at radius 2 is 2.05 bits per heavy atom. The molecule has 0 spiro atoms. The van der Waals surface area contributed by atoms with Crippen LogP contribution in [0.15, 0.2) is 15.9 Å². The number of hydrogen-bond donors (Lipinski definition) is 1. The summed E-state index contributed by atoms with van der Waals surface area (Å²) in [4.78, 5) is 26.7. The molecule has 1 heterocycles. The summed E-state index contributed by atoms with van der Waals surface area (Å²) in [6, 6.07) is 1.88. The van der Waals surface area contributed by atoms with Gasteiger partial charge in [0.15, 0.2) is 0 Å². The van der Waals surface area contributed by atoms with E-state index in [9.17, 15) is 9.59 Å². The van der Waals surface area contributed by atoms with Crippen molar-refractivity contribution in [2.75, 3.05) is 20.6 Å². The Morgan fingerprint density at radius 3 is 2.58 bits per heavy atom. The molecule has 0 aliphatic rings. The van der Waals surface area contributed by atoms with E-state index in [0.29, 0.717) is 19.5 Å². The molecule has 1 aromatic rings. The van der Waals surface area contributed by atoms with Crippen LogP contribution in [0.5, 0.6) is 0 Å². The van der Waals surface area contributed by atoms with E-state index in [2.05, 4.69) is 15.9 Å². The first-order valence-electron chi connectivity index (χ1n) is 5.81. The van der Waals surface area contributed by atoms with Crippen molar-refractivity contribution in [1.29, 1.82) is 0 Å². The Morgan fingerprint density at radius 1 is 1.37 bits per heavy atom. The van der Waals surface area contributed by atoms with Gasteiger partial charge in [-0.05, 0) is 28.4 Å². The van der Waals surface area contributed by atoms with Crippen molar-refractivity contribution in [2.45, 2.75) is 19.4 Å². The molecular weight excluding hydrogens is 332 g/mol. The highest BCUT2D eigenvalue weighted by molar-refractivity contribution is 9.10. The fourth-order valence-corrected chi connectivity index (χ4v) is 3.10. The van der Waals surface area contributed by atoms with Gasteiger partial charge in [0, 0.05) is 41.8 Å². The van der Waals surface area contributed by atoms with Crippen molar-refractivity contribution in [3.05, 3.63) is 20.8 Å². The topological polar surface area (TPSA) is 60.9 Å². The molecule has 1 rings (SSSR count). The molecule has 0 bridgehead atoms. The van der Waals surface area contributed by atoms with Gasteiger partial charge in [0.05, 0.1) is 6.54 Å². The molecule has 5 nitrogen and oxygen atoms in total. The lowest BCUT2D eigenvalue weighted by atomic mass is 10.3. The zero-order valence-corrected chi connectivity index (χ0v) is 13.3. The second-order valence-electron chi connectivity index (χ2n) is 4.29. The number of aliphatic carboxylic acids is 1. The number of carbonyl (C=O) groups excluding carboxylic acids is 1. The van der Waals surface area contributed by atoms with Gasteiger partial charge in [0.1, 0.15) is 0 Å². The third-order valence-electron chi connectivity index (χ3n) is 2.55. The van der Waals surface area contributed by atoms with Crippen LogP contribution in [-0.4, -0.2) is 47.5 Å². The minimum atomic E-state index is -0.836. The summed E-state index contributed by atoms with van der Waals surface area (Å²) >= 11 is 4.97. The van der Waals surface area contributed by atoms with E-state index in [-0.39, 0.29) is 12.5 Å². The molecule has 0 unspecified atom stereocenters. The summed E-state index contributed by atoms with van der Waals surface area (Å²) in [6.07, 6.45) is 0.551. The van der Waals surface area contributed by atoms with E-state index >= 15 is 0 Å². The monoisotopic (exact) mass is 348 g/mol. The Kier molecular flexibility index (Phi) is 6.30. The number of carboxylic acid groups (broad SMARTS) is 1. The third-order valence-corrected chi connectivity index (χ3v) is 4.23. The van der Waals surface area contributed by atoms with Gasteiger partial charge in [-0.25, -0.2) is 4.79 Å². The van der Waals surface area contributed by atoms with Gasteiger partial charge in [-0.15, -0.1) is 11.3 Å². The van der Waals surface area contributed by atoms with Crippen LogP contribution in [0.4, 0.5) is 4.79 Å². The maximum absolute atomic E-state index is 12.0. The van der Waals surface area contributed by atoms with Gasteiger partial charge in [0.2, 0.25) is 0 Å². The van der Waals surface area contributed by atoms with Crippen molar-refractivity contribution < 1.29 is 14.7 Å². The standard InChI is InChI=1S/C12H17BrN2O3S/c1-14(5-3-4-11(16)17)12(18)15(2)7-10-6-9(13)8-19-10/h6,8H,3-5,7H2,1-2H3,(H,16,17). The van der Waals surface area contributed by atoms with E-state index in [4.69, 9.17) is 5.11 Å². The number of carboxylic acids is 1. The Labute approximate surface area is 124 Å². The number of rotatable bonds is 6. The Balaban J connectivity index is 2.40.